The Bertz CT molecular complexity index is 1320. The maximum Gasteiger partial charge on any atom is 0.267 e. The number of thioether (sulfide) groups is 1. The number of aryl methyl sites for hydroxylation is 1. The summed E-state index contributed by atoms with van der Waals surface area (Å²) in [6.07, 6.45) is 3.98. The predicted octanol–water partition coefficient (Wildman–Crippen LogP) is 2.87. The first-order chi connectivity index (χ1) is 17.0. The maximum atomic E-state index is 13.4. The van der Waals surface area contributed by atoms with Crippen molar-refractivity contribution in [1.29, 1.82) is 0 Å². The van der Waals surface area contributed by atoms with E-state index in [1.165, 1.54) is 16.2 Å². The number of aliphatic hydroxyl groups is 1. The molecular formula is C25H26N4O4S2. The third kappa shape index (κ3) is 5.96. The molecule has 0 unspecified atom stereocenters. The summed E-state index contributed by atoms with van der Waals surface area (Å²) in [5.41, 5.74) is 2.52. The van der Waals surface area contributed by atoms with Crippen molar-refractivity contribution in [1.82, 2.24) is 14.3 Å². The minimum atomic E-state index is -0.285. The molecule has 35 heavy (non-hydrogen) atoms. The summed E-state index contributed by atoms with van der Waals surface area (Å²) >= 11 is 6.66. The SMILES string of the molecule is Cc1ccc2nc(NCCOCCO)c(/C=C3\SC(=S)N(CCc4ccccc4)C3=O)c(=O)n2c1. The van der Waals surface area contributed by atoms with Gasteiger partial charge in [0.05, 0.1) is 30.3 Å². The molecule has 1 aliphatic rings. The minimum absolute atomic E-state index is 0.0632. The van der Waals surface area contributed by atoms with E-state index in [2.05, 4.69) is 10.3 Å². The molecule has 8 nitrogen and oxygen atoms in total. The van der Waals surface area contributed by atoms with Gasteiger partial charge in [-0.2, -0.15) is 0 Å². The van der Waals surface area contributed by atoms with Crippen molar-refractivity contribution in [3.63, 3.8) is 0 Å². The van der Waals surface area contributed by atoms with Gasteiger partial charge in [-0.15, -0.1) is 0 Å². The van der Waals surface area contributed by atoms with Crippen molar-refractivity contribution in [3.05, 3.63) is 80.6 Å². The van der Waals surface area contributed by atoms with Crippen LogP contribution in [0, 0.1) is 6.92 Å². The quantitative estimate of drug-likeness (QED) is 0.244. The highest BCUT2D eigenvalue weighted by Crippen LogP contribution is 2.33. The molecule has 1 aliphatic heterocycles. The second-order valence-corrected chi connectivity index (χ2v) is 9.62. The number of rotatable bonds is 10. The van der Waals surface area contributed by atoms with E-state index in [1.807, 2.05) is 43.3 Å². The van der Waals surface area contributed by atoms with Crippen LogP contribution in [0.3, 0.4) is 0 Å². The first-order valence-electron chi connectivity index (χ1n) is 11.2. The van der Waals surface area contributed by atoms with Gasteiger partial charge in [-0.3, -0.25) is 18.9 Å². The fourth-order valence-electron chi connectivity index (χ4n) is 3.64. The zero-order valence-electron chi connectivity index (χ0n) is 19.3. The van der Waals surface area contributed by atoms with Crippen molar-refractivity contribution in [2.24, 2.45) is 0 Å². The zero-order chi connectivity index (χ0) is 24.8. The number of pyridine rings is 1. The van der Waals surface area contributed by atoms with Crippen molar-refractivity contribution >= 4 is 51.7 Å². The molecule has 0 spiro atoms. The lowest BCUT2D eigenvalue weighted by molar-refractivity contribution is -0.122. The Kier molecular flexibility index (Phi) is 8.29. The minimum Gasteiger partial charge on any atom is -0.394 e. The van der Waals surface area contributed by atoms with E-state index >= 15 is 0 Å². The number of carbonyl (C=O) groups excluding carboxylic acids is 1. The molecule has 10 heteroatoms. The molecule has 0 saturated carbocycles. The van der Waals surface area contributed by atoms with Crippen molar-refractivity contribution < 1.29 is 14.6 Å². The Hall–Kier alpha value is -3.05. The lowest BCUT2D eigenvalue weighted by atomic mass is 10.1. The number of ether oxygens (including phenoxy) is 1. The standard InChI is InChI=1S/C25H26N4O4S2/c1-17-7-8-21-27-22(26-10-13-33-14-12-30)19(23(31)29(21)16-17)15-20-24(32)28(25(34)35-20)11-9-18-5-3-2-4-6-18/h2-8,15-16,26,30H,9-14H2,1H3/b20-15-. The Morgan fingerprint density at radius 3 is 2.74 bits per heavy atom. The molecule has 0 bridgehead atoms. The number of amides is 1. The topological polar surface area (TPSA) is 96.2 Å². The Labute approximate surface area is 212 Å². The van der Waals surface area contributed by atoms with Crippen LogP contribution in [0.15, 0.2) is 58.4 Å². The maximum absolute atomic E-state index is 13.4. The molecule has 1 fully saturated rings. The van der Waals surface area contributed by atoms with Crippen LogP contribution in [0.2, 0.25) is 0 Å². The molecule has 3 heterocycles. The van der Waals surface area contributed by atoms with Crippen LogP contribution in [0.1, 0.15) is 16.7 Å². The van der Waals surface area contributed by atoms with E-state index in [-0.39, 0.29) is 30.2 Å². The van der Waals surface area contributed by atoms with Crippen LogP contribution in [-0.4, -0.2) is 62.5 Å². The van der Waals surface area contributed by atoms with Crippen LogP contribution in [0.4, 0.5) is 5.82 Å². The Balaban J connectivity index is 1.62. The predicted molar refractivity (Wildman–Crippen MR) is 143 cm³/mol. The van der Waals surface area contributed by atoms with Crippen molar-refractivity contribution in [2.45, 2.75) is 13.3 Å². The zero-order valence-corrected chi connectivity index (χ0v) is 20.9. The van der Waals surface area contributed by atoms with Gasteiger partial charge < -0.3 is 15.2 Å². The van der Waals surface area contributed by atoms with Crippen molar-refractivity contribution in [3.8, 4) is 0 Å². The highest BCUT2D eigenvalue weighted by Gasteiger charge is 2.32. The summed E-state index contributed by atoms with van der Waals surface area (Å²) in [7, 11) is 0. The summed E-state index contributed by atoms with van der Waals surface area (Å²) in [5, 5.41) is 12.0. The second-order valence-electron chi connectivity index (χ2n) is 7.95. The van der Waals surface area contributed by atoms with E-state index < -0.39 is 0 Å². The number of nitrogens with zero attached hydrogens (tertiary/aromatic N) is 3. The van der Waals surface area contributed by atoms with Crippen LogP contribution in [0.25, 0.3) is 11.7 Å². The summed E-state index contributed by atoms with van der Waals surface area (Å²) in [4.78, 5) is 33.2. The first kappa shape index (κ1) is 25.1. The largest absolute Gasteiger partial charge is 0.394 e. The smallest absolute Gasteiger partial charge is 0.267 e. The van der Waals surface area contributed by atoms with Crippen LogP contribution in [0.5, 0.6) is 0 Å². The molecule has 1 aromatic carbocycles. The number of thiocarbonyl (C=S) groups is 1. The molecule has 4 rings (SSSR count). The summed E-state index contributed by atoms with van der Waals surface area (Å²) in [5.74, 6) is 0.142. The van der Waals surface area contributed by atoms with E-state index in [4.69, 9.17) is 22.1 Å². The molecule has 2 aromatic heterocycles. The van der Waals surface area contributed by atoms with Crippen LogP contribution >= 0.6 is 24.0 Å². The van der Waals surface area contributed by atoms with Gasteiger partial charge in [-0.1, -0.05) is 60.4 Å². The molecule has 1 amide bonds. The number of carbonyl (C=O) groups is 1. The van der Waals surface area contributed by atoms with Gasteiger partial charge in [0.2, 0.25) is 0 Å². The number of benzene rings is 1. The fourth-order valence-corrected chi connectivity index (χ4v) is 4.93. The van der Waals surface area contributed by atoms with Crippen LogP contribution in [-0.2, 0) is 16.0 Å². The number of fused-ring (bicyclic) bond motifs is 1. The van der Waals surface area contributed by atoms with E-state index in [1.54, 1.807) is 23.2 Å². The van der Waals surface area contributed by atoms with Crippen LogP contribution < -0.4 is 10.9 Å². The monoisotopic (exact) mass is 510 g/mol. The van der Waals surface area contributed by atoms with Crippen molar-refractivity contribution in [2.75, 3.05) is 38.2 Å². The number of hydrogen-bond acceptors (Lipinski definition) is 8. The van der Waals surface area contributed by atoms with Gasteiger partial charge in [-0.25, -0.2) is 4.98 Å². The third-order valence-corrected chi connectivity index (χ3v) is 6.77. The lowest BCUT2D eigenvalue weighted by Crippen LogP contribution is -2.30. The normalized spacial score (nSPS) is 14.9. The number of aromatic nitrogens is 2. The molecule has 2 N–H and O–H groups in total. The third-order valence-electron chi connectivity index (χ3n) is 5.40. The van der Waals surface area contributed by atoms with E-state index in [9.17, 15) is 9.59 Å². The summed E-state index contributed by atoms with van der Waals surface area (Å²) in [6, 6.07) is 13.6. The molecule has 182 valence electrons. The Morgan fingerprint density at radius 2 is 1.97 bits per heavy atom. The number of nitrogens with one attached hydrogen (secondary N) is 1. The van der Waals surface area contributed by atoms with Gasteiger partial charge in [0.15, 0.2) is 0 Å². The van der Waals surface area contributed by atoms with Gasteiger partial charge in [0.25, 0.3) is 11.5 Å². The first-order valence-corrected chi connectivity index (χ1v) is 12.4. The van der Waals surface area contributed by atoms with E-state index in [0.717, 1.165) is 11.1 Å². The molecule has 0 atom stereocenters. The highest BCUT2D eigenvalue weighted by atomic mass is 32.2. The van der Waals surface area contributed by atoms with Gasteiger partial charge >= 0.3 is 0 Å². The average molecular weight is 511 g/mol. The summed E-state index contributed by atoms with van der Waals surface area (Å²) in [6.45, 7) is 3.24. The molecule has 3 aromatic rings. The second kappa shape index (κ2) is 11.6. The number of aliphatic hydroxyl groups excluding tert-OH is 1. The van der Waals surface area contributed by atoms with E-state index in [0.29, 0.717) is 46.8 Å². The summed E-state index contributed by atoms with van der Waals surface area (Å²) < 4.78 is 7.24. The Morgan fingerprint density at radius 1 is 1.17 bits per heavy atom. The molecule has 0 aliphatic carbocycles. The van der Waals surface area contributed by atoms with Gasteiger partial charge in [0, 0.05) is 19.3 Å². The molecule has 1 saturated heterocycles. The number of anilines is 1. The average Bonchev–Trinajstić information content (AvgIpc) is 3.13. The lowest BCUT2D eigenvalue weighted by Gasteiger charge is -2.14. The molecular weight excluding hydrogens is 484 g/mol. The molecule has 0 radical (unpaired) electrons. The van der Waals surface area contributed by atoms with Gasteiger partial charge in [0.1, 0.15) is 15.8 Å². The highest BCUT2D eigenvalue weighted by molar-refractivity contribution is 8.26. The number of hydrogen-bond donors (Lipinski definition) is 2. The fraction of sp³-hybridized carbons (Fsp3) is 0.280. The van der Waals surface area contributed by atoms with Gasteiger partial charge in [-0.05, 0) is 36.6 Å².